The number of amides is 1. The molecule has 2 rings (SSSR count). The van der Waals surface area contributed by atoms with Gasteiger partial charge < -0.3 is 14.7 Å². The number of methoxy groups -OCH3 is 1. The molecule has 1 aromatic rings. The van der Waals surface area contributed by atoms with Crippen LogP contribution >= 0.6 is 0 Å². The molecule has 126 valence electrons. The first-order chi connectivity index (χ1) is 10.6. The summed E-state index contributed by atoms with van der Waals surface area (Å²) >= 11 is 0. The highest BCUT2D eigenvalue weighted by molar-refractivity contribution is 5.95. The number of carbonyl (C=O) groups is 2. The van der Waals surface area contributed by atoms with Gasteiger partial charge in [0.15, 0.2) is 17.0 Å². The Kier molecular flexibility index (Phi) is 4.23. The van der Waals surface area contributed by atoms with Crippen molar-refractivity contribution >= 4 is 11.9 Å². The van der Waals surface area contributed by atoms with Gasteiger partial charge in [-0.1, -0.05) is 0 Å². The zero-order valence-corrected chi connectivity index (χ0v) is 12.0. The summed E-state index contributed by atoms with van der Waals surface area (Å²) in [6.07, 6.45) is -5.70. The smallest absolute Gasteiger partial charge is 0.406 e. The lowest BCUT2D eigenvalue weighted by molar-refractivity contribution is -0.227. The van der Waals surface area contributed by atoms with Crippen LogP contribution in [0, 0.1) is 11.2 Å². The number of carbonyl (C=O) groups excluding carboxylic acids is 1. The number of halogens is 4. The van der Waals surface area contributed by atoms with E-state index >= 15 is 0 Å². The third-order valence-electron chi connectivity index (χ3n) is 3.91. The Morgan fingerprint density at radius 3 is 2.48 bits per heavy atom. The average molecular weight is 335 g/mol. The molecule has 23 heavy (non-hydrogen) atoms. The van der Waals surface area contributed by atoms with Crippen molar-refractivity contribution in [1.82, 2.24) is 4.90 Å². The zero-order chi connectivity index (χ0) is 17.4. The maximum atomic E-state index is 13.3. The molecule has 1 unspecified atom stereocenters. The lowest BCUT2D eigenvalue weighted by atomic mass is 9.86. The van der Waals surface area contributed by atoms with E-state index in [0.29, 0.717) is 0 Å². The highest BCUT2D eigenvalue weighted by Crippen LogP contribution is 2.46. The quantitative estimate of drug-likeness (QED) is 0.861. The third-order valence-corrected chi connectivity index (χ3v) is 3.91. The summed E-state index contributed by atoms with van der Waals surface area (Å²) in [4.78, 5) is 24.1. The van der Waals surface area contributed by atoms with E-state index in [9.17, 15) is 27.2 Å². The van der Waals surface area contributed by atoms with Crippen molar-refractivity contribution in [3.05, 3.63) is 29.6 Å². The van der Waals surface area contributed by atoms with Crippen LogP contribution in [0.5, 0.6) is 5.75 Å². The van der Waals surface area contributed by atoms with Crippen LogP contribution in [-0.4, -0.2) is 48.3 Å². The largest absolute Gasteiger partial charge is 0.494 e. The second kappa shape index (κ2) is 5.71. The Bertz CT molecular complexity index is 646. The molecule has 0 spiro atoms. The van der Waals surface area contributed by atoms with Gasteiger partial charge in [0, 0.05) is 18.7 Å². The first kappa shape index (κ1) is 17.0. The molecule has 5 nitrogen and oxygen atoms in total. The minimum atomic E-state index is -4.98. The Morgan fingerprint density at radius 2 is 2.00 bits per heavy atom. The summed E-state index contributed by atoms with van der Waals surface area (Å²) in [7, 11) is 1.18. The van der Waals surface area contributed by atoms with Crippen molar-refractivity contribution in [3.63, 3.8) is 0 Å². The first-order valence-corrected chi connectivity index (χ1v) is 6.55. The molecule has 0 saturated carbocycles. The standard InChI is InChI=1S/C14H13F4NO4/c1-23-10-6-8(2-3-9(10)15)11(20)19-5-4-13(7-19,12(21)22)14(16,17)18/h2-3,6H,4-5,7H2,1H3,(H,21,22). The Morgan fingerprint density at radius 1 is 1.35 bits per heavy atom. The fraction of sp³-hybridized carbons (Fsp3) is 0.429. The highest BCUT2D eigenvalue weighted by Gasteiger charge is 2.64. The van der Waals surface area contributed by atoms with E-state index in [1.807, 2.05) is 0 Å². The fourth-order valence-corrected chi connectivity index (χ4v) is 2.49. The number of benzene rings is 1. The van der Waals surface area contributed by atoms with Gasteiger partial charge in [-0.15, -0.1) is 0 Å². The van der Waals surface area contributed by atoms with Crippen LogP contribution in [0.15, 0.2) is 18.2 Å². The van der Waals surface area contributed by atoms with Crippen molar-refractivity contribution in [2.24, 2.45) is 5.41 Å². The van der Waals surface area contributed by atoms with Crippen LogP contribution < -0.4 is 4.74 Å². The number of rotatable bonds is 3. The predicted octanol–water partition coefficient (Wildman–Crippen LogP) is 2.31. The second-order valence-corrected chi connectivity index (χ2v) is 5.21. The van der Waals surface area contributed by atoms with Crippen molar-refractivity contribution < 1.29 is 37.0 Å². The van der Waals surface area contributed by atoms with Crippen LogP contribution in [0.3, 0.4) is 0 Å². The number of carboxylic acid groups (broad SMARTS) is 1. The second-order valence-electron chi connectivity index (χ2n) is 5.21. The van der Waals surface area contributed by atoms with Crippen LogP contribution in [0.4, 0.5) is 17.6 Å². The summed E-state index contributed by atoms with van der Waals surface area (Å²) in [5, 5.41) is 8.96. The molecule has 1 aliphatic heterocycles. The molecule has 0 bridgehead atoms. The molecular formula is C14H13F4NO4. The van der Waals surface area contributed by atoms with Gasteiger partial charge in [-0.2, -0.15) is 13.2 Å². The van der Waals surface area contributed by atoms with Crippen molar-refractivity contribution in [2.75, 3.05) is 20.2 Å². The number of hydrogen-bond donors (Lipinski definition) is 1. The van der Waals surface area contributed by atoms with Crippen molar-refractivity contribution in [2.45, 2.75) is 12.6 Å². The summed E-state index contributed by atoms with van der Waals surface area (Å²) in [5.41, 5.74) is -3.06. The van der Waals surface area contributed by atoms with E-state index in [1.165, 1.54) is 7.11 Å². The van der Waals surface area contributed by atoms with Gasteiger partial charge >= 0.3 is 12.1 Å². The molecule has 1 N–H and O–H groups in total. The van der Waals surface area contributed by atoms with Crippen molar-refractivity contribution in [3.8, 4) is 5.75 Å². The molecule has 1 aromatic carbocycles. The zero-order valence-electron chi connectivity index (χ0n) is 12.0. The Labute approximate surface area is 128 Å². The predicted molar refractivity (Wildman–Crippen MR) is 69.6 cm³/mol. The van der Waals surface area contributed by atoms with Gasteiger partial charge in [-0.3, -0.25) is 9.59 Å². The van der Waals surface area contributed by atoms with E-state index in [-0.39, 0.29) is 17.9 Å². The Hall–Kier alpha value is -2.32. The molecule has 0 aromatic heterocycles. The lowest BCUT2D eigenvalue weighted by Crippen LogP contribution is -2.47. The molecule has 9 heteroatoms. The number of aliphatic carboxylic acids is 1. The number of carboxylic acids is 1. The lowest BCUT2D eigenvalue weighted by Gasteiger charge is -2.27. The number of hydrogen-bond acceptors (Lipinski definition) is 3. The van der Waals surface area contributed by atoms with Gasteiger partial charge in [0.1, 0.15) is 0 Å². The van der Waals surface area contributed by atoms with E-state index < -0.39 is 42.3 Å². The molecule has 0 aliphatic carbocycles. The summed E-state index contributed by atoms with van der Waals surface area (Å²) < 4.78 is 57.3. The van der Waals surface area contributed by atoms with Crippen LogP contribution in [-0.2, 0) is 4.79 Å². The number of alkyl halides is 3. The van der Waals surface area contributed by atoms with Crippen molar-refractivity contribution in [1.29, 1.82) is 0 Å². The van der Waals surface area contributed by atoms with Crippen LogP contribution in [0.25, 0.3) is 0 Å². The summed E-state index contributed by atoms with van der Waals surface area (Å²) in [6, 6.07) is 3.12. The number of nitrogens with zero attached hydrogens (tertiary/aromatic N) is 1. The van der Waals surface area contributed by atoms with E-state index in [2.05, 4.69) is 0 Å². The number of likely N-dealkylation sites (tertiary alicyclic amines) is 1. The van der Waals surface area contributed by atoms with Crippen LogP contribution in [0.1, 0.15) is 16.8 Å². The maximum Gasteiger partial charge on any atom is 0.406 e. The van der Waals surface area contributed by atoms with Gasteiger partial charge in [0.2, 0.25) is 0 Å². The molecule has 1 aliphatic rings. The van der Waals surface area contributed by atoms with Gasteiger partial charge in [-0.05, 0) is 24.6 Å². The first-order valence-electron chi connectivity index (χ1n) is 6.55. The SMILES string of the molecule is COc1cc(C(=O)N2CCC(C(=O)O)(C(F)(F)F)C2)ccc1F. The van der Waals surface area contributed by atoms with E-state index in [1.54, 1.807) is 0 Å². The van der Waals surface area contributed by atoms with Gasteiger partial charge in [0.05, 0.1) is 7.11 Å². The molecule has 1 atom stereocenters. The molecular weight excluding hydrogens is 322 g/mol. The minimum absolute atomic E-state index is 0.0772. The fourth-order valence-electron chi connectivity index (χ4n) is 2.49. The van der Waals surface area contributed by atoms with Crippen LogP contribution in [0.2, 0.25) is 0 Å². The maximum absolute atomic E-state index is 13.3. The minimum Gasteiger partial charge on any atom is -0.494 e. The summed E-state index contributed by atoms with van der Waals surface area (Å²) in [5.74, 6) is -3.77. The van der Waals surface area contributed by atoms with E-state index in [0.717, 1.165) is 23.1 Å². The number of ether oxygens (including phenoxy) is 1. The molecule has 0 radical (unpaired) electrons. The van der Waals surface area contributed by atoms with Gasteiger partial charge in [0.25, 0.3) is 5.91 Å². The average Bonchev–Trinajstić information content (AvgIpc) is 2.93. The normalized spacial score (nSPS) is 21.3. The topological polar surface area (TPSA) is 66.8 Å². The Balaban J connectivity index is 2.28. The highest BCUT2D eigenvalue weighted by atomic mass is 19.4. The monoisotopic (exact) mass is 335 g/mol. The molecule has 1 fully saturated rings. The molecule has 1 amide bonds. The summed E-state index contributed by atoms with van der Waals surface area (Å²) in [6.45, 7) is -1.34. The molecule has 1 saturated heterocycles. The van der Waals surface area contributed by atoms with Gasteiger partial charge in [-0.25, -0.2) is 4.39 Å². The van der Waals surface area contributed by atoms with E-state index in [4.69, 9.17) is 9.84 Å². The molecule has 1 heterocycles. The third kappa shape index (κ3) is 2.82.